The highest BCUT2D eigenvalue weighted by molar-refractivity contribution is 7.92. The van der Waals surface area contributed by atoms with Crippen LogP contribution in [-0.2, 0) is 29.2 Å². The molecule has 1 N–H and O–H groups in total. The van der Waals surface area contributed by atoms with Gasteiger partial charge in [-0.2, -0.15) is 13.2 Å². The van der Waals surface area contributed by atoms with Gasteiger partial charge in [-0.1, -0.05) is 37.6 Å². The number of carbonyl (C=O) groups is 1. The number of halogens is 3. The van der Waals surface area contributed by atoms with Crippen molar-refractivity contribution in [3.63, 3.8) is 0 Å². The van der Waals surface area contributed by atoms with Crippen LogP contribution in [0.3, 0.4) is 0 Å². The normalized spacial score (nSPS) is 12.0. The number of hydrogen-bond acceptors (Lipinski definition) is 4. The van der Waals surface area contributed by atoms with Gasteiger partial charge in [0.05, 0.1) is 21.7 Å². The van der Waals surface area contributed by atoms with E-state index in [1.807, 2.05) is 6.92 Å². The number of benzene rings is 3. The Hall–Kier alpha value is -3.53. The number of aryl methyl sites for hydroxylation is 1. The molecule has 0 heterocycles. The van der Waals surface area contributed by atoms with Crippen LogP contribution in [0.15, 0.2) is 71.6 Å². The highest BCUT2D eigenvalue weighted by Crippen LogP contribution is 2.40. The summed E-state index contributed by atoms with van der Waals surface area (Å²) in [4.78, 5) is 11.1. The molecule has 6 nitrogen and oxygen atoms in total. The smallest absolute Gasteiger partial charge is 0.416 e. The quantitative estimate of drug-likeness (QED) is 0.319. The second kappa shape index (κ2) is 11.2. The molecule has 198 valence electrons. The van der Waals surface area contributed by atoms with Crippen molar-refractivity contribution in [1.82, 2.24) is 0 Å². The van der Waals surface area contributed by atoms with Crippen molar-refractivity contribution >= 4 is 21.7 Å². The van der Waals surface area contributed by atoms with Crippen molar-refractivity contribution < 1.29 is 36.2 Å². The van der Waals surface area contributed by atoms with Crippen LogP contribution < -0.4 is 9.04 Å². The molecule has 0 unspecified atom stereocenters. The fraction of sp³-hybridized carbons (Fsp3) is 0.296. The summed E-state index contributed by atoms with van der Waals surface area (Å²) in [5.74, 6) is -1.38. The van der Waals surface area contributed by atoms with Crippen molar-refractivity contribution in [3.8, 4) is 5.75 Å². The minimum Gasteiger partial charge on any atom is -0.487 e. The van der Waals surface area contributed by atoms with Crippen molar-refractivity contribution in [1.29, 1.82) is 0 Å². The van der Waals surface area contributed by atoms with E-state index in [-0.39, 0.29) is 28.5 Å². The molecule has 3 aromatic rings. The first-order chi connectivity index (χ1) is 17.3. The minimum absolute atomic E-state index is 0.0103. The number of nitrogens with zero attached hydrogens (tertiary/aromatic N) is 1. The van der Waals surface area contributed by atoms with Gasteiger partial charge in [0.25, 0.3) is 10.0 Å². The molecule has 3 aromatic carbocycles. The Morgan fingerprint density at radius 2 is 1.57 bits per heavy atom. The van der Waals surface area contributed by atoms with E-state index in [0.29, 0.717) is 5.56 Å². The first-order valence-electron chi connectivity index (χ1n) is 11.6. The highest BCUT2D eigenvalue weighted by atomic mass is 32.2. The van der Waals surface area contributed by atoms with Crippen LogP contribution in [0.4, 0.5) is 18.9 Å². The molecule has 0 aliphatic carbocycles. The number of alkyl halides is 3. The summed E-state index contributed by atoms with van der Waals surface area (Å²) < 4.78 is 74.6. The van der Waals surface area contributed by atoms with E-state index in [1.165, 1.54) is 36.4 Å². The van der Waals surface area contributed by atoms with E-state index in [0.717, 1.165) is 40.9 Å². The molecule has 0 spiro atoms. The summed E-state index contributed by atoms with van der Waals surface area (Å²) in [5.41, 5.74) is 0.495. The van der Waals surface area contributed by atoms with Crippen LogP contribution in [0.1, 0.15) is 54.2 Å². The summed E-state index contributed by atoms with van der Waals surface area (Å²) in [6, 6.07) is 14.1. The molecule has 37 heavy (non-hydrogen) atoms. The van der Waals surface area contributed by atoms with E-state index in [2.05, 4.69) is 0 Å². The monoisotopic (exact) mass is 535 g/mol. The SMILES string of the molecule is CCCc1ccc(S(=O)(=O)N(c2ccc(C(F)(F)F)cc2OCc2ccc(C(=O)O)cc2)C(C)C)cc1. The van der Waals surface area contributed by atoms with Crippen molar-refractivity contribution in [2.24, 2.45) is 0 Å². The number of ether oxygens (including phenoxy) is 1. The average molecular weight is 536 g/mol. The van der Waals surface area contributed by atoms with Crippen molar-refractivity contribution in [2.75, 3.05) is 4.31 Å². The Morgan fingerprint density at radius 3 is 2.08 bits per heavy atom. The third-order valence-corrected chi connectivity index (χ3v) is 7.61. The zero-order valence-corrected chi connectivity index (χ0v) is 21.4. The summed E-state index contributed by atoms with van der Waals surface area (Å²) in [5, 5.41) is 9.05. The van der Waals surface area contributed by atoms with Crippen LogP contribution >= 0.6 is 0 Å². The average Bonchev–Trinajstić information content (AvgIpc) is 2.83. The lowest BCUT2D eigenvalue weighted by Gasteiger charge is -2.30. The molecule has 0 amide bonds. The fourth-order valence-electron chi connectivity index (χ4n) is 3.81. The number of hydrogen-bond donors (Lipinski definition) is 1. The number of sulfonamides is 1. The molecular formula is C27H28F3NO5S. The number of carboxylic acids is 1. The molecule has 0 saturated carbocycles. The third kappa shape index (κ3) is 6.62. The molecule has 0 radical (unpaired) electrons. The van der Waals surface area contributed by atoms with Crippen LogP contribution in [0.5, 0.6) is 5.75 Å². The maximum absolute atomic E-state index is 13.6. The van der Waals surface area contributed by atoms with Crippen LogP contribution in [-0.4, -0.2) is 25.5 Å². The Balaban J connectivity index is 2.04. The molecule has 0 aliphatic heterocycles. The lowest BCUT2D eigenvalue weighted by atomic mass is 10.1. The molecule has 0 atom stereocenters. The fourth-order valence-corrected chi connectivity index (χ4v) is 5.48. The minimum atomic E-state index is -4.67. The van der Waals surface area contributed by atoms with Gasteiger partial charge in [0.1, 0.15) is 12.4 Å². The summed E-state index contributed by atoms with van der Waals surface area (Å²) >= 11 is 0. The first kappa shape index (κ1) is 28.0. The molecule has 0 aromatic heterocycles. The van der Waals surface area contributed by atoms with E-state index >= 15 is 0 Å². The van der Waals surface area contributed by atoms with Gasteiger partial charge in [0.15, 0.2) is 0 Å². The number of rotatable bonds is 10. The lowest BCUT2D eigenvalue weighted by molar-refractivity contribution is -0.137. The van der Waals surface area contributed by atoms with Gasteiger partial charge in [-0.25, -0.2) is 13.2 Å². The third-order valence-electron chi connectivity index (χ3n) is 5.61. The molecule has 10 heteroatoms. The number of anilines is 1. The van der Waals surface area contributed by atoms with E-state index in [9.17, 15) is 26.4 Å². The van der Waals surface area contributed by atoms with Crippen molar-refractivity contribution in [2.45, 2.75) is 57.3 Å². The maximum Gasteiger partial charge on any atom is 0.416 e. The molecule has 0 saturated heterocycles. The highest BCUT2D eigenvalue weighted by Gasteiger charge is 2.34. The van der Waals surface area contributed by atoms with Gasteiger partial charge in [0.2, 0.25) is 0 Å². The largest absolute Gasteiger partial charge is 0.487 e. The van der Waals surface area contributed by atoms with Crippen LogP contribution in [0, 0.1) is 0 Å². The van der Waals surface area contributed by atoms with E-state index in [4.69, 9.17) is 9.84 Å². The predicted molar refractivity (Wildman–Crippen MR) is 134 cm³/mol. The summed E-state index contributed by atoms with van der Waals surface area (Å²) in [6.45, 7) is 5.05. The topological polar surface area (TPSA) is 83.9 Å². The zero-order chi connectivity index (χ0) is 27.4. The Bertz CT molecular complexity index is 1340. The van der Waals surface area contributed by atoms with Gasteiger partial charge in [-0.15, -0.1) is 0 Å². The van der Waals surface area contributed by atoms with Crippen LogP contribution in [0.25, 0.3) is 0 Å². The van der Waals surface area contributed by atoms with Crippen molar-refractivity contribution in [3.05, 3.63) is 89.0 Å². The predicted octanol–water partition coefficient (Wildman–Crippen LogP) is 6.54. The molecule has 0 fully saturated rings. The lowest BCUT2D eigenvalue weighted by Crippen LogP contribution is -2.37. The molecule has 0 aliphatic rings. The Kier molecular flexibility index (Phi) is 8.53. The van der Waals surface area contributed by atoms with E-state index in [1.54, 1.807) is 26.0 Å². The van der Waals surface area contributed by atoms with Gasteiger partial charge < -0.3 is 9.84 Å². The second-order valence-corrected chi connectivity index (χ2v) is 10.6. The van der Waals surface area contributed by atoms with Gasteiger partial charge in [0, 0.05) is 6.04 Å². The summed E-state index contributed by atoms with van der Waals surface area (Å²) in [7, 11) is -4.15. The van der Waals surface area contributed by atoms with Gasteiger partial charge in [-0.3, -0.25) is 4.31 Å². The zero-order valence-electron chi connectivity index (χ0n) is 20.6. The first-order valence-corrected chi connectivity index (χ1v) is 13.1. The number of aromatic carboxylic acids is 1. The van der Waals surface area contributed by atoms with Gasteiger partial charge >= 0.3 is 12.1 Å². The summed E-state index contributed by atoms with van der Waals surface area (Å²) in [6.07, 6.45) is -2.98. The Morgan fingerprint density at radius 1 is 0.973 bits per heavy atom. The second-order valence-electron chi connectivity index (χ2n) is 8.76. The molecular weight excluding hydrogens is 507 g/mol. The molecule has 0 bridgehead atoms. The Labute approximate surface area is 214 Å². The molecule has 3 rings (SSSR count). The maximum atomic E-state index is 13.6. The van der Waals surface area contributed by atoms with E-state index < -0.39 is 33.8 Å². The van der Waals surface area contributed by atoms with Crippen LogP contribution in [0.2, 0.25) is 0 Å². The number of carboxylic acid groups (broad SMARTS) is 1. The van der Waals surface area contributed by atoms with Gasteiger partial charge in [-0.05, 0) is 73.9 Å². The standard InChI is InChI=1S/C27H28F3NO5S/c1-4-5-19-8-13-23(14-9-19)37(34,35)31(18(2)3)24-15-12-22(27(28,29)30)16-25(24)36-17-20-6-10-21(11-7-20)26(32)33/h6-16,18H,4-5,17H2,1-3H3,(H,32,33).